The fourth-order valence-corrected chi connectivity index (χ4v) is 1.50. The number of benzene rings is 2. The van der Waals surface area contributed by atoms with Crippen molar-refractivity contribution in [3.63, 3.8) is 0 Å². The van der Waals surface area contributed by atoms with Crippen molar-refractivity contribution >= 4 is 12.0 Å². The van der Waals surface area contributed by atoms with Gasteiger partial charge in [0.1, 0.15) is 5.75 Å². The van der Waals surface area contributed by atoms with E-state index < -0.39 is 10.7 Å². The van der Waals surface area contributed by atoms with Crippen molar-refractivity contribution < 1.29 is 18.8 Å². The van der Waals surface area contributed by atoms with Gasteiger partial charge in [-0.1, -0.05) is 12.1 Å². The lowest BCUT2D eigenvalue weighted by Crippen LogP contribution is -1.95. The smallest absolute Gasteiger partial charge is 0.273 e. The maximum Gasteiger partial charge on any atom is 0.273 e. The maximum atomic E-state index is 13.6. The zero-order valence-corrected chi connectivity index (χ0v) is 9.58. The normalized spacial score (nSPS) is 9.95. The summed E-state index contributed by atoms with van der Waals surface area (Å²) in [5.41, 5.74) is -0.145. The summed E-state index contributed by atoms with van der Waals surface area (Å²) in [6.45, 7) is 0. The van der Waals surface area contributed by atoms with Gasteiger partial charge in [-0.3, -0.25) is 14.9 Å². The van der Waals surface area contributed by atoms with Gasteiger partial charge in [-0.25, -0.2) is 4.39 Å². The number of nitro groups is 1. The maximum absolute atomic E-state index is 13.6. The molecule has 96 valence electrons. The zero-order valence-electron chi connectivity index (χ0n) is 9.58. The minimum atomic E-state index is -0.712. The van der Waals surface area contributed by atoms with E-state index in [4.69, 9.17) is 4.74 Å². The van der Waals surface area contributed by atoms with Gasteiger partial charge < -0.3 is 4.74 Å². The molecule has 0 aliphatic rings. The Morgan fingerprint density at radius 1 is 1.21 bits per heavy atom. The Morgan fingerprint density at radius 2 is 1.95 bits per heavy atom. The van der Waals surface area contributed by atoms with Gasteiger partial charge in [0.15, 0.2) is 17.9 Å². The topological polar surface area (TPSA) is 69.4 Å². The summed E-state index contributed by atoms with van der Waals surface area (Å²) in [7, 11) is 0. The van der Waals surface area contributed by atoms with Crippen molar-refractivity contribution in [3.8, 4) is 11.5 Å². The molecular formula is C13H8FNO4. The van der Waals surface area contributed by atoms with Crippen LogP contribution in [0.4, 0.5) is 10.1 Å². The summed E-state index contributed by atoms with van der Waals surface area (Å²) in [5.74, 6) is -0.878. The molecule has 0 heterocycles. The Morgan fingerprint density at radius 3 is 2.63 bits per heavy atom. The van der Waals surface area contributed by atoms with E-state index in [1.165, 1.54) is 30.3 Å². The van der Waals surface area contributed by atoms with E-state index >= 15 is 0 Å². The van der Waals surface area contributed by atoms with Crippen LogP contribution in [0.25, 0.3) is 0 Å². The number of nitrogens with zero attached hydrogens (tertiary/aromatic N) is 1. The molecule has 0 unspecified atom stereocenters. The lowest BCUT2D eigenvalue weighted by Gasteiger charge is -2.08. The zero-order chi connectivity index (χ0) is 13.8. The van der Waals surface area contributed by atoms with E-state index in [0.29, 0.717) is 6.29 Å². The van der Waals surface area contributed by atoms with E-state index in [1.54, 1.807) is 0 Å². The number of rotatable bonds is 4. The third kappa shape index (κ3) is 2.74. The van der Waals surface area contributed by atoms with Crippen LogP contribution in [0.2, 0.25) is 0 Å². The van der Waals surface area contributed by atoms with Crippen molar-refractivity contribution in [1.29, 1.82) is 0 Å². The van der Waals surface area contributed by atoms with Gasteiger partial charge in [0, 0.05) is 6.07 Å². The number of para-hydroxylation sites is 1. The van der Waals surface area contributed by atoms with Gasteiger partial charge in [-0.15, -0.1) is 0 Å². The number of hydrogen-bond donors (Lipinski definition) is 0. The molecule has 0 aromatic heterocycles. The second-order valence-electron chi connectivity index (χ2n) is 3.63. The number of halogens is 1. The first-order valence-corrected chi connectivity index (χ1v) is 5.28. The van der Waals surface area contributed by atoms with Gasteiger partial charge in [0.05, 0.1) is 16.6 Å². The van der Waals surface area contributed by atoms with Crippen LogP contribution in [0.3, 0.4) is 0 Å². The first kappa shape index (κ1) is 12.7. The number of carbonyl (C=O) groups is 1. The molecule has 0 aliphatic heterocycles. The standard InChI is InChI=1S/C13H8FNO4/c14-12-6-1-3-9(8-16)13(12)19-11-5-2-4-10(7-11)15(17)18/h1-8H. The highest BCUT2D eigenvalue weighted by Gasteiger charge is 2.12. The lowest BCUT2D eigenvalue weighted by molar-refractivity contribution is -0.384. The first-order chi connectivity index (χ1) is 9.11. The lowest BCUT2D eigenvalue weighted by atomic mass is 10.2. The molecule has 0 saturated carbocycles. The highest BCUT2D eigenvalue weighted by atomic mass is 19.1. The Balaban J connectivity index is 2.39. The Kier molecular flexibility index (Phi) is 3.51. The number of hydrogen-bond acceptors (Lipinski definition) is 4. The number of ether oxygens (including phenoxy) is 1. The van der Waals surface area contributed by atoms with E-state index in [-0.39, 0.29) is 22.7 Å². The predicted molar refractivity (Wildman–Crippen MR) is 65.0 cm³/mol. The van der Waals surface area contributed by atoms with Crippen molar-refractivity contribution in [2.45, 2.75) is 0 Å². The summed E-state index contributed by atoms with van der Waals surface area (Å²) < 4.78 is 18.8. The average molecular weight is 261 g/mol. The Hall–Kier alpha value is -2.76. The second-order valence-corrected chi connectivity index (χ2v) is 3.63. The first-order valence-electron chi connectivity index (χ1n) is 5.28. The minimum absolute atomic E-state index is 0.0338. The molecule has 0 N–H and O–H groups in total. The van der Waals surface area contributed by atoms with Crippen LogP contribution in [0.15, 0.2) is 42.5 Å². The second kappa shape index (κ2) is 5.26. The fraction of sp³-hybridized carbons (Fsp3) is 0. The summed E-state index contributed by atoms with van der Waals surface area (Å²) in [5, 5.41) is 10.6. The summed E-state index contributed by atoms with van der Waals surface area (Å²) in [4.78, 5) is 20.8. The van der Waals surface area contributed by atoms with Crippen molar-refractivity contribution in [3.05, 3.63) is 64.0 Å². The van der Waals surface area contributed by atoms with E-state index in [2.05, 4.69) is 0 Å². The Labute approximate surface area is 107 Å². The number of non-ortho nitro benzene ring substituents is 1. The monoisotopic (exact) mass is 261 g/mol. The Bertz CT molecular complexity index is 642. The van der Waals surface area contributed by atoms with Crippen LogP contribution in [0, 0.1) is 15.9 Å². The van der Waals surface area contributed by atoms with Crippen LogP contribution >= 0.6 is 0 Å². The summed E-state index contributed by atoms with van der Waals surface area (Å²) in [6, 6.07) is 9.20. The highest BCUT2D eigenvalue weighted by molar-refractivity contribution is 5.79. The van der Waals surface area contributed by atoms with Gasteiger partial charge in [-0.05, 0) is 18.2 Å². The van der Waals surface area contributed by atoms with Gasteiger partial charge in [0.25, 0.3) is 5.69 Å². The molecule has 2 rings (SSSR count). The van der Waals surface area contributed by atoms with Crippen LogP contribution in [-0.2, 0) is 0 Å². The molecule has 19 heavy (non-hydrogen) atoms. The molecular weight excluding hydrogens is 253 g/mol. The molecule has 0 aliphatic carbocycles. The minimum Gasteiger partial charge on any atom is -0.453 e. The molecule has 0 saturated heterocycles. The molecule has 2 aromatic rings. The molecule has 2 aromatic carbocycles. The van der Waals surface area contributed by atoms with E-state index in [0.717, 1.165) is 12.1 Å². The van der Waals surface area contributed by atoms with Crippen molar-refractivity contribution in [1.82, 2.24) is 0 Å². The van der Waals surface area contributed by atoms with E-state index in [1.807, 2.05) is 0 Å². The molecule has 0 radical (unpaired) electrons. The van der Waals surface area contributed by atoms with Crippen molar-refractivity contribution in [2.75, 3.05) is 0 Å². The third-order valence-corrected chi connectivity index (χ3v) is 2.37. The van der Waals surface area contributed by atoms with Crippen LogP contribution in [0.1, 0.15) is 10.4 Å². The SMILES string of the molecule is O=Cc1cccc(F)c1Oc1cccc([N+](=O)[O-])c1. The van der Waals surface area contributed by atoms with Gasteiger partial charge >= 0.3 is 0 Å². The number of nitro benzene ring substituents is 1. The average Bonchev–Trinajstić information content (AvgIpc) is 2.41. The third-order valence-electron chi connectivity index (χ3n) is 2.37. The van der Waals surface area contributed by atoms with Crippen LogP contribution < -0.4 is 4.74 Å². The largest absolute Gasteiger partial charge is 0.453 e. The molecule has 6 heteroatoms. The fourth-order valence-electron chi connectivity index (χ4n) is 1.50. The molecule has 0 atom stereocenters. The molecule has 0 fully saturated rings. The number of carbonyl (C=O) groups excluding carboxylic acids is 1. The molecule has 0 spiro atoms. The quantitative estimate of drug-likeness (QED) is 0.480. The highest BCUT2D eigenvalue weighted by Crippen LogP contribution is 2.29. The molecule has 0 amide bonds. The van der Waals surface area contributed by atoms with Crippen LogP contribution in [0.5, 0.6) is 11.5 Å². The van der Waals surface area contributed by atoms with Crippen molar-refractivity contribution in [2.24, 2.45) is 0 Å². The molecule has 0 bridgehead atoms. The summed E-state index contributed by atoms with van der Waals surface area (Å²) >= 11 is 0. The summed E-state index contributed by atoms with van der Waals surface area (Å²) in [6.07, 6.45) is 0.454. The van der Waals surface area contributed by atoms with Crippen LogP contribution in [-0.4, -0.2) is 11.2 Å². The predicted octanol–water partition coefficient (Wildman–Crippen LogP) is 3.34. The van der Waals surface area contributed by atoms with Gasteiger partial charge in [-0.2, -0.15) is 0 Å². The molecule has 5 nitrogen and oxygen atoms in total. The van der Waals surface area contributed by atoms with Gasteiger partial charge in [0.2, 0.25) is 0 Å². The van der Waals surface area contributed by atoms with E-state index in [9.17, 15) is 19.3 Å². The number of aldehydes is 1.